The first kappa shape index (κ1) is 23.6. The molecule has 32 heavy (non-hydrogen) atoms. The van der Waals surface area contributed by atoms with Gasteiger partial charge in [0.2, 0.25) is 7.37 Å². The average molecular weight is 460 g/mol. The number of hydrogen-bond acceptors (Lipinski definition) is 9. The highest BCUT2D eigenvalue weighted by Gasteiger charge is 2.24. The van der Waals surface area contributed by atoms with Crippen molar-refractivity contribution in [2.45, 2.75) is 19.6 Å². The molecule has 0 amide bonds. The van der Waals surface area contributed by atoms with Crippen LogP contribution >= 0.6 is 7.37 Å². The fourth-order valence-electron chi connectivity index (χ4n) is 3.29. The van der Waals surface area contributed by atoms with Crippen LogP contribution in [0.2, 0.25) is 0 Å². The summed E-state index contributed by atoms with van der Waals surface area (Å²) in [6.45, 7) is 2.28. The van der Waals surface area contributed by atoms with Crippen LogP contribution in [0.15, 0.2) is 42.5 Å². The van der Waals surface area contributed by atoms with Crippen LogP contribution in [-0.4, -0.2) is 42.0 Å². The molecule has 1 N–H and O–H groups in total. The van der Waals surface area contributed by atoms with Gasteiger partial charge in [-0.15, -0.1) is 0 Å². The summed E-state index contributed by atoms with van der Waals surface area (Å²) in [6.07, 6.45) is 0.385. The molecule has 10 nitrogen and oxygen atoms in total. The molecule has 170 valence electrons. The third kappa shape index (κ3) is 5.59. The largest absolute Gasteiger partial charge is 0.477 e. The molecule has 0 saturated heterocycles. The van der Waals surface area contributed by atoms with Crippen LogP contribution in [0.1, 0.15) is 18.1 Å². The lowest BCUT2D eigenvalue weighted by Crippen LogP contribution is -2.18. The van der Waals surface area contributed by atoms with E-state index in [9.17, 15) is 14.7 Å². The Morgan fingerprint density at radius 3 is 2.41 bits per heavy atom. The number of nitrogens with one attached hydrogen (secondary N) is 1. The third-order valence-corrected chi connectivity index (χ3v) is 6.95. The highest BCUT2D eigenvalue weighted by molar-refractivity contribution is 7.58. The number of nitro benzene ring substituents is 1. The van der Waals surface area contributed by atoms with Crippen molar-refractivity contribution in [1.29, 1.82) is 0 Å². The molecule has 0 bridgehead atoms. The lowest BCUT2D eigenvalue weighted by atomic mass is 10.1. The van der Waals surface area contributed by atoms with Gasteiger partial charge in [-0.25, -0.2) is 9.97 Å². The predicted octanol–water partition coefficient (Wildman–Crippen LogP) is 4.12. The molecule has 1 heterocycles. The number of fused-ring (bicyclic) bond motifs is 1. The van der Waals surface area contributed by atoms with Crippen LogP contribution in [0, 0.1) is 10.1 Å². The Morgan fingerprint density at radius 2 is 1.78 bits per heavy atom. The van der Waals surface area contributed by atoms with Crippen molar-refractivity contribution in [3.8, 4) is 11.8 Å². The Morgan fingerprint density at radius 1 is 1.09 bits per heavy atom. The molecule has 1 unspecified atom stereocenters. The number of methoxy groups -OCH3 is 2. The van der Waals surface area contributed by atoms with Crippen molar-refractivity contribution in [3.63, 3.8) is 0 Å². The standard InChI is InChI=1S/C21H25N4O6P/c1-4-31-32(28,13-15-8-6-5-7-9-15)14-22-12-16-10-17(25(26)27)11-18-19(16)24-21(30-3)20(23-18)29-2/h5-11,22H,4,12-14H2,1-3H3. The second kappa shape index (κ2) is 10.5. The summed E-state index contributed by atoms with van der Waals surface area (Å²) in [6, 6.07) is 12.2. The number of nitrogens with zero attached hydrogens (tertiary/aromatic N) is 3. The topological polar surface area (TPSA) is 126 Å². The summed E-state index contributed by atoms with van der Waals surface area (Å²) in [5.41, 5.74) is 2.02. The number of non-ortho nitro benzene ring substituents is 1. The van der Waals surface area contributed by atoms with Gasteiger partial charge < -0.3 is 19.3 Å². The molecule has 11 heteroatoms. The number of nitro groups is 1. The van der Waals surface area contributed by atoms with Gasteiger partial charge >= 0.3 is 0 Å². The molecule has 2 aromatic carbocycles. The Bertz CT molecular complexity index is 1140. The van der Waals surface area contributed by atoms with E-state index in [-0.39, 0.29) is 36.4 Å². The normalized spacial score (nSPS) is 13.0. The van der Waals surface area contributed by atoms with Gasteiger partial charge in [0.1, 0.15) is 5.52 Å². The Hall–Kier alpha value is -3.07. The van der Waals surface area contributed by atoms with Crippen LogP contribution in [0.5, 0.6) is 11.8 Å². The van der Waals surface area contributed by atoms with Crippen molar-refractivity contribution in [1.82, 2.24) is 15.3 Å². The zero-order chi connectivity index (χ0) is 23.1. The first-order chi connectivity index (χ1) is 15.4. The SMILES string of the molecule is CCOP(=O)(CNCc1cc([N+](=O)[O-])cc2nc(OC)c(OC)nc12)Cc1ccccc1. The molecule has 1 aromatic heterocycles. The molecule has 0 saturated carbocycles. The highest BCUT2D eigenvalue weighted by atomic mass is 31.2. The number of benzene rings is 2. The first-order valence-electron chi connectivity index (χ1n) is 9.93. The summed E-state index contributed by atoms with van der Waals surface area (Å²) in [5.74, 6) is 0.294. The fourth-order valence-corrected chi connectivity index (χ4v) is 5.28. The lowest BCUT2D eigenvalue weighted by Gasteiger charge is -2.19. The summed E-state index contributed by atoms with van der Waals surface area (Å²) >= 11 is 0. The van der Waals surface area contributed by atoms with Crippen molar-refractivity contribution in [2.24, 2.45) is 0 Å². The van der Waals surface area contributed by atoms with E-state index in [0.29, 0.717) is 23.2 Å². The monoisotopic (exact) mass is 460 g/mol. The van der Waals surface area contributed by atoms with Gasteiger partial charge in [0.05, 0.1) is 43.7 Å². The van der Waals surface area contributed by atoms with Crippen molar-refractivity contribution in [2.75, 3.05) is 27.1 Å². The van der Waals surface area contributed by atoms with Crippen LogP contribution in [0.4, 0.5) is 5.69 Å². The number of aromatic nitrogens is 2. The molecule has 3 aromatic rings. The van der Waals surface area contributed by atoms with Crippen molar-refractivity contribution < 1.29 is 23.5 Å². The smallest absolute Gasteiger partial charge is 0.278 e. The molecule has 0 aliphatic carbocycles. The quantitative estimate of drug-likeness (QED) is 0.255. The Labute approximate surface area is 185 Å². The van der Waals surface area contributed by atoms with Gasteiger partial charge in [-0.05, 0) is 12.5 Å². The summed E-state index contributed by atoms with van der Waals surface area (Å²) in [7, 11) is -0.176. The molecule has 0 aliphatic heterocycles. The summed E-state index contributed by atoms with van der Waals surface area (Å²) in [4.78, 5) is 19.6. The van der Waals surface area contributed by atoms with E-state index in [0.717, 1.165) is 5.56 Å². The first-order valence-corrected chi connectivity index (χ1v) is 11.9. The molecule has 0 spiro atoms. The maximum absolute atomic E-state index is 13.3. The van der Waals surface area contributed by atoms with E-state index in [4.69, 9.17) is 14.0 Å². The van der Waals surface area contributed by atoms with E-state index in [1.807, 2.05) is 30.3 Å². The zero-order valence-electron chi connectivity index (χ0n) is 18.1. The minimum Gasteiger partial charge on any atom is -0.477 e. The van der Waals surface area contributed by atoms with Crippen LogP contribution in [0.25, 0.3) is 11.0 Å². The maximum atomic E-state index is 13.3. The molecule has 1 atom stereocenters. The third-order valence-electron chi connectivity index (χ3n) is 4.67. The average Bonchev–Trinajstić information content (AvgIpc) is 2.78. The fraction of sp³-hybridized carbons (Fsp3) is 0.333. The van der Waals surface area contributed by atoms with Gasteiger partial charge in [0, 0.05) is 24.2 Å². The van der Waals surface area contributed by atoms with Crippen LogP contribution < -0.4 is 14.8 Å². The van der Waals surface area contributed by atoms with Gasteiger partial charge in [-0.3, -0.25) is 14.7 Å². The number of hydrogen-bond donors (Lipinski definition) is 1. The predicted molar refractivity (Wildman–Crippen MR) is 120 cm³/mol. The second-order valence-electron chi connectivity index (χ2n) is 6.93. The van der Waals surface area contributed by atoms with Crippen LogP contribution in [0.3, 0.4) is 0 Å². The highest BCUT2D eigenvalue weighted by Crippen LogP contribution is 2.49. The van der Waals surface area contributed by atoms with Crippen molar-refractivity contribution in [3.05, 3.63) is 63.7 Å². The van der Waals surface area contributed by atoms with E-state index >= 15 is 0 Å². The zero-order valence-corrected chi connectivity index (χ0v) is 19.0. The van der Waals surface area contributed by atoms with E-state index in [2.05, 4.69) is 15.3 Å². The van der Waals surface area contributed by atoms with Gasteiger partial charge in [0.15, 0.2) is 0 Å². The Kier molecular flexibility index (Phi) is 7.74. The van der Waals surface area contributed by atoms with Gasteiger partial charge in [-0.2, -0.15) is 0 Å². The Balaban J connectivity index is 1.88. The molecular formula is C21H25N4O6P. The summed E-state index contributed by atoms with van der Waals surface area (Å²) < 4.78 is 29.3. The van der Waals surface area contributed by atoms with Crippen LogP contribution in [-0.2, 0) is 21.8 Å². The minimum atomic E-state index is -3.02. The molecule has 0 fully saturated rings. The minimum absolute atomic E-state index is 0.0979. The molecule has 0 aliphatic rings. The lowest BCUT2D eigenvalue weighted by molar-refractivity contribution is -0.384. The second-order valence-corrected chi connectivity index (χ2v) is 9.45. The molecule has 3 rings (SSSR count). The van der Waals surface area contributed by atoms with E-state index in [1.54, 1.807) is 6.92 Å². The molecular weight excluding hydrogens is 435 g/mol. The van der Waals surface area contributed by atoms with Crippen molar-refractivity contribution >= 4 is 24.1 Å². The summed E-state index contributed by atoms with van der Waals surface area (Å²) in [5, 5.41) is 14.5. The molecule has 0 radical (unpaired) electrons. The van der Waals surface area contributed by atoms with Gasteiger partial charge in [0.25, 0.3) is 17.4 Å². The van der Waals surface area contributed by atoms with Gasteiger partial charge in [-0.1, -0.05) is 30.3 Å². The number of rotatable bonds is 11. The maximum Gasteiger partial charge on any atom is 0.278 e. The van der Waals surface area contributed by atoms with E-state index in [1.165, 1.54) is 26.4 Å². The van der Waals surface area contributed by atoms with E-state index < -0.39 is 12.3 Å². The number of ether oxygens (including phenoxy) is 2.